The largest absolute Gasteiger partial charge is 0.379 e. The molecule has 0 spiro atoms. The van der Waals surface area contributed by atoms with Gasteiger partial charge in [0.05, 0.1) is 19.9 Å². The summed E-state index contributed by atoms with van der Waals surface area (Å²) < 4.78 is 5.39. The van der Waals surface area contributed by atoms with Crippen LogP contribution in [0.4, 0.5) is 11.4 Å². The molecule has 1 aliphatic rings. The molecule has 24 heavy (non-hydrogen) atoms. The number of morpholine rings is 1. The first-order valence-corrected chi connectivity index (χ1v) is 8.82. The summed E-state index contributed by atoms with van der Waals surface area (Å²) in [7, 11) is 2.18. The summed E-state index contributed by atoms with van der Waals surface area (Å²) in [5, 5.41) is 3.19. The summed E-state index contributed by atoms with van der Waals surface area (Å²) in [5.74, 6) is 0. The number of nitrogens with one attached hydrogen (secondary N) is 1. The van der Waals surface area contributed by atoms with Gasteiger partial charge in [0.2, 0.25) is 0 Å². The van der Waals surface area contributed by atoms with Crippen molar-refractivity contribution < 1.29 is 4.74 Å². The number of ether oxygens (including phenoxy) is 1. The molecule has 1 fully saturated rings. The van der Waals surface area contributed by atoms with Crippen LogP contribution in [0.25, 0.3) is 0 Å². The first kappa shape index (κ1) is 20.5. The van der Waals surface area contributed by atoms with E-state index in [9.17, 15) is 0 Å². The Morgan fingerprint density at radius 3 is 2.62 bits per heavy atom. The van der Waals surface area contributed by atoms with Crippen LogP contribution in [0.1, 0.15) is 18.9 Å². The van der Waals surface area contributed by atoms with E-state index < -0.39 is 0 Å². The average molecular weight is 335 g/mol. The molecule has 5 nitrogen and oxygen atoms in total. The van der Waals surface area contributed by atoms with Crippen molar-refractivity contribution in [2.24, 2.45) is 5.73 Å². The molecule has 0 aromatic heterocycles. The highest BCUT2D eigenvalue weighted by atomic mass is 16.5. The molecule has 1 heterocycles. The lowest BCUT2D eigenvalue weighted by molar-refractivity contribution is 0.0377. The Morgan fingerprint density at radius 2 is 2.00 bits per heavy atom. The molecule has 136 valence electrons. The summed E-state index contributed by atoms with van der Waals surface area (Å²) in [6.45, 7) is 14.8. The zero-order valence-corrected chi connectivity index (χ0v) is 15.4. The van der Waals surface area contributed by atoms with Crippen LogP contribution in [0.5, 0.6) is 0 Å². The van der Waals surface area contributed by atoms with Gasteiger partial charge in [-0.3, -0.25) is 4.90 Å². The minimum Gasteiger partial charge on any atom is -0.379 e. The number of nitrogens with zero attached hydrogens (tertiary/aromatic N) is 2. The van der Waals surface area contributed by atoms with Crippen molar-refractivity contribution in [2.45, 2.75) is 19.8 Å². The summed E-state index contributed by atoms with van der Waals surface area (Å²) in [6.07, 6.45) is 2.22. The summed E-state index contributed by atoms with van der Waals surface area (Å²) in [5.41, 5.74) is 9.37. The lowest BCUT2D eigenvalue weighted by Gasteiger charge is -2.28. The molecule has 1 aromatic carbocycles. The van der Waals surface area contributed by atoms with E-state index in [1.54, 1.807) is 0 Å². The van der Waals surface area contributed by atoms with Crippen molar-refractivity contribution in [1.29, 1.82) is 0 Å². The molecule has 0 amide bonds. The molecule has 0 bridgehead atoms. The smallest absolute Gasteiger partial charge is 0.0628 e. The normalized spacial score (nSPS) is 14.6. The molecule has 1 aromatic rings. The predicted octanol–water partition coefficient (Wildman–Crippen LogP) is 2.54. The third-order valence-electron chi connectivity index (χ3n) is 4.26. The van der Waals surface area contributed by atoms with Gasteiger partial charge < -0.3 is 20.7 Å². The predicted molar refractivity (Wildman–Crippen MR) is 105 cm³/mol. The van der Waals surface area contributed by atoms with Crippen molar-refractivity contribution in [2.75, 3.05) is 63.3 Å². The van der Waals surface area contributed by atoms with Gasteiger partial charge in [0, 0.05) is 44.6 Å². The minimum absolute atomic E-state index is 0.464. The standard InChI is InChI=1S/C17H30N4O.C2H4/c1-3-15-5-6-16(19-14-18)13-17(15)20(2)7-4-8-21-9-11-22-12-10-21;1-2/h5-6,13,19H,3-4,7-12,14,18H2,1-2H3;1-2H2. The molecule has 1 aliphatic heterocycles. The average Bonchev–Trinajstić information content (AvgIpc) is 2.64. The first-order chi connectivity index (χ1) is 11.7. The fourth-order valence-corrected chi connectivity index (χ4v) is 2.92. The molecule has 0 atom stereocenters. The number of hydrogen-bond acceptors (Lipinski definition) is 5. The Hall–Kier alpha value is -1.56. The second kappa shape index (κ2) is 11.9. The van der Waals surface area contributed by atoms with Gasteiger partial charge in [-0.15, -0.1) is 13.2 Å². The second-order valence-corrected chi connectivity index (χ2v) is 5.81. The number of nitrogens with two attached hydrogens (primary N) is 1. The number of anilines is 2. The Labute approximate surface area is 147 Å². The van der Waals surface area contributed by atoms with Gasteiger partial charge in [-0.05, 0) is 30.5 Å². The molecular formula is C19H34N4O. The van der Waals surface area contributed by atoms with E-state index in [1.807, 2.05) is 0 Å². The lowest BCUT2D eigenvalue weighted by Crippen LogP contribution is -2.37. The molecule has 0 saturated carbocycles. The lowest BCUT2D eigenvalue weighted by atomic mass is 10.1. The van der Waals surface area contributed by atoms with E-state index in [1.165, 1.54) is 17.7 Å². The molecule has 0 radical (unpaired) electrons. The highest BCUT2D eigenvalue weighted by molar-refractivity contribution is 5.62. The van der Waals surface area contributed by atoms with Crippen molar-refractivity contribution in [3.8, 4) is 0 Å². The van der Waals surface area contributed by atoms with E-state index in [2.05, 4.69) is 60.4 Å². The zero-order chi connectivity index (χ0) is 17.8. The summed E-state index contributed by atoms with van der Waals surface area (Å²) in [6, 6.07) is 6.52. The van der Waals surface area contributed by atoms with Crippen LogP contribution in [0, 0.1) is 0 Å². The van der Waals surface area contributed by atoms with E-state index in [0.717, 1.165) is 51.5 Å². The van der Waals surface area contributed by atoms with Crippen molar-refractivity contribution in [1.82, 2.24) is 4.90 Å². The number of aryl methyl sites for hydroxylation is 1. The first-order valence-electron chi connectivity index (χ1n) is 8.82. The maximum atomic E-state index is 5.58. The van der Waals surface area contributed by atoms with Crippen LogP contribution in [0.3, 0.4) is 0 Å². The third kappa shape index (κ3) is 6.51. The third-order valence-corrected chi connectivity index (χ3v) is 4.26. The quantitative estimate of drug-likeness (QED) is 0.565. The van der Waals surface area contributed by atoms with Gasteiger partial charge in [-0.2, -0.15) is 0 Å². The van der Waals surface area contributed by atoms with Crippen LogP contribution >= 0.6 is 0 Å². The Balaban J connectivity index is 0.00000139. The van der Waals surface area contributed by atoms with Gasteiger partial charge in [0.15, 0.2) is 0 Å². The van der Waals surface area contributed by atoms with Gasteiger partial charge in [-0.1, -0.05) is 13.0 Å². The van der Waals surface area contributed by atoms with Gasteiger partial charge in [0.25, 0.3) is 0 Å². The molecule has 3 N–H and O–H groups in total. The van der Waals surface area contributed by atoms with E-state index >= 15 is 0 Å². The maximum Gasteiger partial charge on any atom is 0.0628 e. The summed E-state index contributed by atoms with van der Waals surface area (Å²) in [4.78, 5) is 4.85. The highest BCUT2D eigenvalue weighted by Crippen LogP contribution is 2.24. The number of rotatable bonds is 8. The molecule has 2 rings (SSSR count). The molecule has 0 unspecified atom stereocenters. The van der Waals surface area contributed by atoms with Crippen LogP contribution in [0.2, 0.25) is 0 Å². The second-order valence-electron chi connectivity index (χ2n) is 5.81. The van der Waals surface area contributed by atoms with Crippen LogP contribution in [0.15, 0.2) is 31.4 Å². The highest BCUT2D eigenvalue weighted by Gasteiger charge is 2.11. The van der Waals surface area contributed by atoms with E-state index in [4.69, 9.17) is 10.5 Å². The molecule has 1 saturated heterocycles. The van der Waals surface area contributed by atoms with Crippen LogP contribution in [-0.2, 0) is 11.2 Å². The Morgan fingerprint density at radius 1 is 1.29 bits per heavy atom. The monoisotopic (exact) mass is 334 g/mol. The van der Waals surface area contributed by atoms with Crippen LogP contribution in [-0.4, -0.2) is 58.0 Å². The summed E-state index contributed by atoms with van der Waals surface area (Å²) >= 11 is 0. The fraction of sp³-hybridized carbons (Fsp3) is 0.579. The van der Waals surface area contributed by atoms with Gasteiger partial charge >= 0.3 is 0 Å². The Bertz CT molecular complexity index is 461. The van der Waals surface area contributed by atoms with Crippen LogP contribution < -0.4 is 16.0 Å². The van der Waals surface area contributed by atoms with E-state index in [-0.39, 0.29) is 0 Å². The Kier molecular flexibility index (Phi) is 10.2. The van der Waals surface area contributed by atoms with Crippen molar-refractivity contribution in [3.63, 3.8) is 0 Å². The minimum atomic E-state index is 0.464. The SMILES string of the molecule is C=C.CCc1ccc(NCN)cc1N(C)CCCN1CCOCC1. The van der Waals surface area contributed by atoms with Gasteiger partial charge in [-0.25, -0.2) is 0 Å². The topological polar surface area (TPSA) is 53.8 Å². The molecule has 5 heteroatoms. The maximum absolute atomic E-state index is 5.58. The van der Waals surface area contributed by atoms with Crippen molar-refractivity contribution in [3.05, 3.63) is 36.9 Å². The molecule has 0 aliphatic carbocycles. The van der Waals surface area contributed by atoms with E-state index in [0.29, 0.717) is 6.67 Å². The van der Waals surface area contributed by atoms with Gasteiger partial charge in [0.1, 0.15) is 0 Å². The zero-order valence-electron chi connectivity index (χ0n) is 15.4. The molecular weight excluding hydrogens is 300 g/mol. The van der Waals surface area contributed by atoms with Crippen molar-refractivity contribution >= 4 is 11.4 Å². The number of hydrogen-bond donors (Lipinski definition) is 2. The fourth-order valence-electron chi connectivity index (χ4n) is 2.92. The number of benzene rings is 1.